The predicted octanol–water partition coefficient (Wildman–Crippen LogP) is 0.250. The number of fused-ring (bicyclic) bond motifs is 1. The summed E-state index contributed by atoms with van der Waals surface area (Å²) in [6, 6.07) is -0.475. The second kappa shape index (κ2) is 4.86. The molecule has 2 heterocycles. The SMILES string of the molecule is C[N+]1(CC2=C(C(=O)O)C3C(=O)[C@@H](N)[C@H]3SC2)CCCC1. The van der Waals surface area contributed by atoms with Crippen LogP contribution in [0.25, 0.3) is 0 Å². The van der Waals surface area contributed by atoms with E-state index >= 15 is 0 Å². The molecule has 5 nitrogen and oxygen atoms in total. The number of carbonyl (C=O) groups excluding carboxylic acids is 1. The summed E-state index contributed by atoms with van der Waals surface area (Å²) in [4.78, 5) is 23.6. The van der Waals surface area contributed by atoms with Crippen LogP contribution in [-0.4, -0.2) is 65.1 Å². The standard InChI is InChI=1S/C14H20N2O3S/c1-16(4-2-3-5-16)6-8-7-20-13-10(9(8)14(18)19)12(17)11(13)15/h10-11,13H,2-7,15H2,1H3/p+1/t10?,11-,13+/m1/s1. The van der Waals surface area contributed by atoms with Gasteiger partial charge in [0.25, 0.3) is 0 Å². The number of nitrogens with zero attached hydrogens (tertiary/aromatic N) is 1. The van der Waals surface area contributed by atoms with Crippen LogP contribution >= 0.6 is 11.8 Å². The number of hydrogen-bond acceptors (Lipinski definition) is 4. The summed E-state index contributed by atoms with van der Waals surface area (Å²) in [6.45, 7) is 2.96. The zero-order chi connectivity index (χ0) is 14.5. The van der Waals surface area contributed by atoms with Crippen molar-refractivity contribution in [3.8, 4) is 0 Å². The molecule has 3 aliphatic rings. The molecule has 1 saturated heterocycles. The van der Waals surface area contributed by atoms with Gasteiger partial charge in [0.2, 0.25) is 0 Å². The Morgan fingerprint density at radius 2 is 2.10 bits per heavy atom. The van der Waals surface area contributed by atoms with Gasteiger partial charge in [0, 0.05) is 29.4 Å². The zero-order valence-electron chi connectivity index (χ0n) is 11.7. The van der Waals surface area contributed by atoms with Crippen LogP contribution in [-0.2, 0) is 9.59 Å². The van der Waals surface area contributed by atoms with Crippen molar-refractivity contribution in [2.75, 3.05) is 32.4 Å². The zero-order valence-corrected chi connectivity index (χ0v) is 12.5. The number of carboxylic acid groups (broad SMARTS) is 1. The Kier molecular flexibility index (Phi) is 3.43. The monoisotopic (exact) mass is 297 g/mol. The molecular formula is C14H21N2O3S+. The number of likely N-dealkylation sites (N-methyl/N-ethyl adjacent to an activating group) is 1. The lowest BCUT2D eigenvalue weighted by Gasteiger charge is -2.45. The molecule has 3 rings (SSSR count). The van der Waals surface area contributed by atoms with Gasteiger partial charge in [-0.05, 0) is 0 Å². The summed E-state index contributed by atoms with van der Waals surface area (Å²) >= 11 is 1.66. The van der Waals surface area contributed by atoms with E-state index in [1.54, 1.807) is 11.8 Å². The molecule has 0 aromatic heterocycles. The normalized spacial score (nSPS) is 35.7. The third-order valence-corrected chi connectivity index (χ3v) is 6.37. The molecule has 1 aliphatic carbocycles. The quantitative estimate of drug-likeness (QED) is 0.730. The molecule has 0 aromatic carbocycles. The fourth-order valence-electron chi connectivity index (χ4n) is 3.75. The van der Waals surface area contributed by atoms with Crippen molar-refractivity contribution in [1.29, 1.82) is 0 Å². The number of likely N-dealkylation sites (tertiary alicyclic amines) is 1. The maximum atomic E-state index is 11.9. The second-order valence-corrected chi connectivity index (χ2v) is 7.60. The molecule has 0 bridgehead atoms. The van der Waals surface area contributed by atoms with E-state index in [1.807, 2.05) is 0 Å². The number of thioether (sulfide) groups is 1. The van der Waals surface area contributed by atoms with E-state index in [-0.39, 0.29) is 11.0 Å². The summed E-state index contributed by atoms with van der Waals surface area (Å²) in [6.07, 6.45) is 2.41. The molecule has 3 atom stereocenters. The fraction of sp³-hybridized carbons (Fsp3) is 0.714. The van der Waals surface area contributed by atoms with E-state index in [2.05, 4.69) is 7.05 Å². The van der Waals surface area contributed by atoms with Crippen molar-refractivity contribution < 1.29 is 19.2 Å². The number of carbonyl (C=O) groups is 2. The fourth-order valence-corrected chi connectivity index (χ4v) is 5.20. The summed E-state index contributed by atoms with van der Waals surface area (Å²) in [7, 11) is 2.19. The van der Waals surface area contributed by atoms with Crippen LogP contribution in [0, 0.1) is 5.92 Å². The van der Waals surface area contributed by atoms with Crippen LogP contribution in [0.2, 0.25) is 0 Å². The van der Waals surface area contributed by atoms with Gasteiger partial charge in [-0.3, -0.25) is 4.79 Å². The Morgan fingerprint density at radius 1 is 1.45 bits per heavy atom. The first-order valence-electron chi connectivity index (χ1n) is 7.13. The van der Waals surface area contributed by atoms with E-state index in [9.17, 15) is 14.7 Å². The maximum Gasteiger partial charge on any atom is 0.332 e. The molecule has 6 heteroatoms. The number of ketones is 1. The van der Waals surface area contributed by atoms with Gasteiger partial charge in [0.1, 0.15) is 6.54 Å². The first-order valence-corrected chi connectivity index (χ1v) is 8.17. The van der Waals surface area contributed by atoms with Gasteiger partial charge in [-0.1, -0.05) is 0 Å². The molecular weight excluding hydrogens is 276 g/mol. The number of carboxylic acids is 1. The van der Waals surface area contributed by atoms with E-state index in [0.717, 1.165) is 29.7 Å². The van der Waals surface area contributed by atoms with Crippen molar-refractivity contribution >= 4 is 23.5 Å². The predicted molar refractivity (Wildman–Crippen MR) is 77.4 cm³/mol. The van der Waals surface area contributed by atoms with Gasteiger partial charge in [-0.15, -0.1) is 0 Å². The molecule has 0 spiro atoms. The minimum atomic E-state index is -0.929. The van der Waals surface area contributed by atoms with Crippen LogP contribution in [0.1, 0.15) is 12.8 Å². The lowest BCUT2D eigenvalue weighted by atomic mass is 9.72. The van der Waals surface area contributed by atoms with Crippen LogP contribution in [0.15, 0.2) is 11.1 Å². The molecule has 20 heavy (non-hydrogen) atoms. The summed E-state index contributed by atoms with van der Waals surface area (Å²) in [5.74, 6) is -0.787. The molecule has 1 unspecified atom stereocenters. The first kappa shape index (κ1) is 14.1. The first-order chi connectivity index (χ1) is 9.43. The van der Waals surface area contributed by atoms with Crippen molar-refractivity contribution in [3.63, 3.8) is 0 Å². The van der Waals surface area contributed by atoms with Crippen LogP contribution in [0.4, 0.5) is 0 Å². The average molecular weight is 297 g/mol. The van der Waals surface area contributed by atoms with Crippen LogP contribution < -0.4 is 5.73 Å². The highest BCUT2D eigenvalue weighted by Gasteiger charge is 2.54. The van der Waals surface area contributed by atoms with Gasteiger partial charge in [-0.2, -0.15) is 11.8 Å². The van der Waals surface area contributed by atoms with Crippen molar-refractivity contribution in [2.45, 2.75) is 24.1 Å². The Balaban J connectivity index is 1.90. The third-order valence-electron chi connectivity index (χ3n) is 4.91. The average Bonchev–Trinajstić information content (AvgIpc) is 2.83. The van der Waals surface area contributed by atoms with Crippen molar-refractivity contribution in [1.82, 2.24) is 0 Å². The summed E-state index contributed by atoms with van der Waals surface area (Å²) in [5.41, 5.74) is 7.09. The lowest BCUT2D eigenvalue weighted by molar-refractivity contribution is -0.893. The maximum absolute atomic E-state index is 11.9. The Bertz CT molecular complexity index is 497. The number of rotatable bonds is 3. The summed E-state index contributed by atoms with van der Waals surface area (Å²) < 4.78 is 0.907. The highest BCUT2D eigenvalue weighted by atomic mass is 32.2. The topological polar surface area (TPSA) is 80.4 Å². The highest BCUT2D eigenvalue weighted by molar-refractivity contribution is 8.00. The largest absolute Gasteiger partial charge is 0.478 e. The minimum Gasteiger partial charge on any atom is -0.478 e. The van der Waals surface area contributed by atoms with Crippen LogP contribution in [0.3, 0.4) is 0 Å². The van der Waals surface area contributed by atoms with Gasteiger partial charge in [-0.25, -0.2) is 4.79 Å². The molecule has 2 aliphatic heterocycles. The molecule has 0 amide bonds. The van der Waals surface area contributed by atoms with Crippen molar-refractivity contribution in [2.24, 2.45) is 11.7 Å². The van der Waals surface area contributed by atoms with Gasteiger partial charge in [0.05, 0.1) is 37.7 Å². The summed E-state index contributed by atoms with van der Waals surface area (Å²) in [5, 5.41) is 9.50. The van der Waals surface area contributed by atoms with Gasteiger partial charge < -0.3 is 15.3 Å². The molecule has 1 saturated carbocycles. The lowest BCUT2D eigenvalue weighted by Crippen LogP contribution is -2.62. The Morgan fingerprint density at radius 3 is 2.70 bits per heavy atom. The molecule has 2 fully saturated rings. The number of quaternary nitrogens is 1. The van der Waals surface area contributed by atoms with Crippen molar-refractivity contribution in [3.05, 3.63) is 11.1 Å². The number of hydrogen-bond donors (Lipinski definition) is 2. The Hall–Kier alpha value is -0.850. The van der Waals surface area contributed by atoms with Gasteiger partial charge >= 0.3 is 5.97 Å². The van der Waals surface area contributed by atoms with E-state index in [1.165, 1.54) is 12.8 Å². The molecule has 0 aromatic rings. The number of aliphatic carboxylic acids is 1. The number of nitrogens with two attached hydrogens (primary N) is 1. The molecule has 110 valence electrons. The third kappa shape index (κ3) is 2.10. The highest BCUT2D eigenvalue weighted by Crippen LogP contribution is 2.45. The number of Topliss-reactive ketones (excluding diaryl/α,β-unsaturated/α-hetero) is 1. The van der Waals surface area contributed by atoms with Crippen LogP contribution in [0.5, 0.6) is 0 Å². The second-order valence-electron chi connectivity index (χ2n) is 6.44. The van der Waals surface area contributed by atoms with E-state index in [4.69, 9.17) is 5.73 Å². The Labute approximate surface area is 122 Å². The minimum absolute atomic E-state index is 0.0266. The molecule has 3 N–H and O–H groups in total. The van der Waals surface area contributed by atoms with E-state index in [0.29, 0.717) is 11.3 Å². The van der Waals surface area contributed by atoms with E-state index < -0.39 is 17.9 Å². The smallest absolute Gasteiger partial charge is 0.332 e. The van der Waals surface area contributed by atoms with Gasteiger partial charge in [0.15, 0.2) is 5.78 Å². The molecule has 0 radical (unpaired) electrons.